The van der Waals surface area contributed by atoms with Crippen molar-refractivity contribution in [2.75, 3.05) is 0 Å². The Morgan fingerprint density at radius 1 is 1.67 bits per heavy atom. The van der Waals surface area contributed by atoms with E-state index in [2.05, 4.69) is 4.72 Å². The Bertz CT molecular complexity index is 335. The fourth-order valence-electron chi connectivity index (χ4n) is 1.03. The van der Waals surface area contributed by atoms with Gasteiger partial charge in [-0.15, -0.1) is 11.3 Å². The van der Waals surface area contributed by atoms with Gasteiger partial charge >= 0.3 is 0 Å². The Kier molecular flexibility index (Phi) is 4.98. The quantitative estimate of drug-likeness (QED) is 0.865. The lowest BCUT2D eigenvalue weighted by atomic mass is 10.1. The monoisotopic (exact) mass is 245 g/mol. The largest absolute Gasteiger partial charge is 0.274 e. The SMILES string of the molecule is CC[C@H](C)CC(=O)NS(=O)c1cccs1. The molecule has 3 nitrogen and oxygen atoms in total. The van der Waals surface area contributed by atoms with E-state index in [-0.39, 0.29) is 5.91 Å². The zero-order chi connectivity index (χ0) is 11.3. The molecule has 0 fully saturated rings. The highest BCUT2D eigenvalue weighted by atomic mass is 32.2. The van der Waals surface area contributed by atoms with Crippen LogP contribution in [-0.4, -0.2) is 10.1 Å². The van der Waals surface area contributed by atoms with Crippen molar-refractivity contribution < 1.29 is 9.00 Å². The minimum Gasteiger partial charge on any atom is -0.274 e. The minimum absolute atomic E-state index is 0.143. The van der Waals surface area contributed by atoms with Crippen molar-refractivity contribution in [1.82, 2.24) is 4.72 Å². The van der Waals surface area contributed by atoms with Crippen LogP contribution in [0.15, 0.2) is 21.7 Å². The van der Waals surface area contributed by atoms with Gasteiger partial charge in [-0.1, -0.05) is 26.3 Å². The van der Waals surface area contributed by atoms with E-state index in [0.29, 0.717) is 16.5 Å². The van der Waals surface area contributed by atoms with E-state index in [1.807, 2.05) is 25.3 Å². The van der Waals surface area contributed by atoms with Crippen LogP contribution >= 0.6 is 11.3 Å². The third-order valence-electron chi connectivity index (χ3n) is 2.12. The molecule has 2 atom stereocenters. The van der Waals surface area contributed by atoms with Gasteiger partial charge in [0.2, 0.25) is 5.91 Å². The molecule has 0 aliphatic heterocycles. The molecule has 0 spiro atoms. The molecule has 5 heteroatoms. The van der Waals surface area contributed by atoms with Gasteiger partial charge in [-0.25, -0.2) is 4.21 Å². The average Bonchev–Trinajstić information content (AvgIpc) is 2.70. The Labute approximate surface area is 96.5 Å². The summed E-state index contributed by atoms with van der Waals surface area (Å²) in [7, 11) is -1.38. The van der Waals surface area contributed by atoms with Crippen molar-refractivity contribution >= 4 is 28.2 Å². The maximum absolute atomic E-state index is 11.6. The average molecular weight is 245 g/mol. The fourth-order valence-corrected chi connectivity index (χ4v) is 2.71. The lowest BCUT2D eigenvalue weighted by molar-refractivity contribution is -0.120. The number of carbonyl (C=O) groups excluding carboxylic acids is 1. The van der Waals surface area contributed by atoms with E-state index in [1.165, 1.54) is 11.3 Å². The molecule has 1 aromatic heterocycles. The van der Waals surface area contributed by atoms with Crippen molar-refractivity contribution in [3.8, 4) is 0 Å². The number of carbonyl (C=O) groups is 1. The van der Waals surface area contributed by atoms with Gasteiger partial charge in [-0.05, 0) is 17.4 Å². The lowest BCUT2D eigenvalue weighted by Gasteiger charge is -2.07. The number of hydrogen-bond donors (Lipinski definition) is 1. The molecule has 1 N–H and O–H groups in total. The summed E-state index contributed by atoms with van der Waals surface area (Å²) in [6, 6.07) is 3.57. The van der Waals surface area contributed by atoms with Crippen molar-refractivity contribution in [1.29, 1.82) is 0 Å². The minimum atomic E-state index is -1.38. The van der Waals surface area contributed by atoms with Gasteiger partial charge in [-0.2, -0.15) is 0 Å². The number of thiophene rings is 1. The first-order chi connectivity index (χ1) is 7.13. The van der Waals surface area contributed by atoms with E-state index in [1.54, 1.807) is 6.07 Å². The maximum Gasteiger partial charge on any atom is 0.232 e. The van der Waals surface area contributed by atoms with Crippen LogP contribution in [0, 0.1) is 5.92 Å². The van der Waals surface area contributed by atoms with E-state index < -0.39 is 11.0 Å². The van der Waals surface area contributed by atoms with Crippen LogP contribution in [0.4, 0.5) is 0 Å². The van der Waals surface area contributed by atoms with E-state index in [0.717, 1.165) is 6.42 Å². The molecule has 1 heterocycles. The first-order valence-electron chi connectivity index (χ1n) is 4.88. The summed E-state index contributed by atoms with van der Waals surface area (Å²) in [5.74, 6) is 0.196. The van der Waals surface area contributed by atoms with Crippen LogP contribution in [0.5, 0.6) is 0 Å². The molecule has 15 heavy (non-hydrogen) atoms. The topological polar surface area (TPSA) is 46.2 Å². The summed E-state index contributed by atoms with van der Waals surface area (Å²) in [5, 5.41) is 1.84. The molecule has 1 rings (SSSR count). The molecule has 1 aromatic rings. The Morgan fingerprint density at radius 3 is 2.93 bits per heavy atom. The number of amides is 1. The summed E-state index contributed by atoms with van der Waals surface area (Å²) in [4.78, 5) is 11.4. The van der Waals surface area contributed by atoms with Gasteiger partial charge in [0, 0.05) is 6.42 Å². The van der Waals surface area contributed by atoms with Crippen LogP contribution in [0.25, 0.3) is 0 Å². The smallest absolute Gasteiger partial charge is 0.232 e. The summed E-state index contributed by atoms with van der Waals surface area (Å²) in [6.07, 6.45) is 1.40. The molecule has 84 valence electrons. The van der Waals surface area contributed by atoms with Crippen molar-refractivity contribution in [2.45, 2.75) is 30.9 Å². The normalized spacial score (nSPS) is 14.5. The zero-order valence-electron chi connectivity index (χ0n) is 8.86. The van der Waals surface area contributed by atoms with Crippen molar-refractivity contribution in [2.24, 2.45) is 5.92 Å². The lowest BCUT2D eigenvalue weighted by Crippen LogP contribution is -2.26. The highest BCUT2D eigenvalue weighted by molar-refractivity contribution is 7.86. The molecule has 0 bridgehead atoms. The van der Waals surface area contributed by atoms with Crippen LogP contribution < -0.4 is 4.72 Å². The van der Waals surface area contributed by atoms with Crippen LogP contribution in [-0.2, 0) is 15.8 Å². The van der Waals surface area contributed by atoms with E-state index in [9.17, 15) is 9.00 Å². The Morgan fingerprint density at radius 2 is 2.40 bits per heavy atom. The second-order valence-electron chi connectivity index (χ2n) is 3.44. The predicted molar refractivity (Wildman–Crippen MR) is 62.9 cm³/mol. The molecule has 0 aliphatic rings. The van der Waals surface area contributed by atoms with Gasteiger partial charge < -0.3 is 0 Å². The van der Waals surface area contributed by atoms with Gasteiger partial charge in [-0.3, -0.25) is 9.52 Å². The molecular weight excluding hydrogens is 230 g/mol. The summed E-state index contributed by atoms with van der Waals surface area (Å²) in [6.45, 7) is 4.04. The molecule has 0 radical (unpaired) electrons. The first-order valence-corrected chi connectivity index (χ1v) is 6.91. The molecule has 1 unspecified atom stereocenters. The Balaban J connectivity index is 2.42. The number of nitrogens with one attached hydrogen (secondary N) is 1. The van der Waals surface area contributed by atoms with Gasteiger partial charge in [0.1, 0.15) is 4.21 Å². The first kappa shape index (κ1) is 12.4. The standard InChI is InChI=1S/C10H15NO2S2/c1-3-8(2)7-9(12)11-15(13)10-5-4-6-14-10/h4-6,8H,3,7H2,1-2H3,(H,11,12)/t8-,15?/m0/s1. The van der Waals surface area contributed by atoms with Crippen LogP contribution in [0.1, 0.15) is 26.7 Å². The molecule has 0 aromatic carbocycles. The Hall–Kier alpha value is -0.680. The second-order valence-corrected chi connectivity index (χ2v) is 5.83. The van der Waals surface area contributed by atoms with Crippen molar-refractivity contribution in [3.63, 3.8) is 0 Å². The molecule has 1 amide bonds. The predicted octanol–water partition coefficient (Wildman–Crippen LogP) is 2.32. The van der Waals surface area contributed by atoms with Crippen molar-refractivity contribution in [3.05, 3.63) is 17.5 Å². The third kappa shape index (κ3) is 4.13. The van der Waals surface area contributed by atoms with Gasteiger partial charge in [0.15, 0.2) is 11.0 Å². The van der Waals surface area contributed by atoms with E-state index in [4.69, 9.17) is 0 Å². The zero-order valence-corrected chi connectivity index (χ0v) is 10.5. The fraction of sp³-hybridized carbons (Fsp3) is 0.500. The molecule has 0 saturated heterocycles. The highest BCUT2D eigenvalue weighted by Crippen LogP contribution is 2.13. The van der Waals surface area contributed by atoms with E-state index >= 15 is 0 Å². The van der Waals surface area contributed by atoms with Gasteiger partial charge in [0.25, 0.3) is 0 Å². The van der Waals surface area contributed by atoms with Crippen LogP contribution in [0.2, 0.25) is 0 Å². The third-order valence-corrected chi connectivity index (χ3v) is 4.43. The summed E-state index contributed by atoms with van der Waals surface area (Å²) < 4.78 is 14.8. The van der Waals surface area contributed by atoms with Gasteiger partial charge in [0.05, 0.1) is 0 Å². The number of rotatable bonds is 5. The second kappa shape index (κ2) is 6.02. The highest BCUT2D eigenvalue weighted by Gasteiger charge is 2.11. The number of hydrogen-bond acceptors (Lipinski definition) is 3. The summed E-state index contributed by atoms with van der Waals surface area (Å²) >= 11 is 1.38. The van der Waals surface area contributed by atoms with Crippen LogP contribution in [0.3, 0.4) is 0 Å². The maximum atomic E-state index is 11.6. The molecule has 0 aliphatic carbocycles. The molecular formula is C10H15NO2S2. The molecule has 0 saturated carbocycles. The summed E-state index contributed by atoms with van der Waals surface area (Å²) in [5.41, 5.74) is 0.